The minimum absolute atomic E-state index is 0.0758. The van der Waals surface area contributed by atoms with Gasteiger partial charge in [0, 0.05) is 53.9 Å². The predicted octanol–water partition coefficient (Wildman–Crippen LogP) is -0.193. The first-order chi connectivity index (χ1) is 12.4. The number of rotatable bonds is 13. The third kappa shape index (κ3) is 6.63. The van der Waals surface area contributed by atoms with Crippen LogP contribution in [0.25, 0.3) is 0 Å². The highest BCUT2D eigenvalue weighted by Gasteiger charge is 2.44. The molecule has 1 saturated heterocycles. The van der Waals surface area contributed by atoms with Gasteiger partial charge >= 0.3 is 8.80 Å². The van der Waals surface area contributed by atoms with Gasteiger partial charge in [0.05, 0.1) is 17.2 Å². The summed E-state index contributed by atoms with van der Waals surface area (Å²) in [5, 5.41) is 2.54. The van der Waals surface area contributed by atoms with Crippen LogP contribution in [0.4, 0.5) is 0 Å². The molecule has 0 aromatic rings. The number of nitrogens with one attached hydrogen (secondary N) is 1. The van der Waals surface area contributed by atoms with E-state index < -0.39 is 14.1 Å². The second-order valence-corrected chi connectivity index (χ2v) is 10.0. The van der Waals surface area contributed by atoms with Gasteiger partial charge in [-0.1, -0.05) is 0 Å². The highest BCUT2D eigenvalue weighted by Crippen LogP contribution is 2.28. The molecule has 0 radical (unpaired) electrons. The van der Waals surface area contributed by atoms with Crippen molar-refractivity contribution >= 4 is 38.3 Å². The smallest absolute Gasteiger partial charge is 0.383 e. The fraction of sp³-hybridized carbons (Fsp3) is 0.800. The van der Waals surface area contributed by atoms with Crippen LogP contribution in [0.15, 0.2) is 0 Å². The number of carbonyl (C=O) groups is 3. The number of amides is 3. The lowest BCUT2D eigenvalue weighted by Gasteiger charge is -2.26. The van der Waals surface area contributed by atoms with Crippen LogP contribution < -0.4 is 5.32 Å². The summed E-state index contributed by atoms with van der Waals surface area (Å²) in [7, 11) is 1.74. The van der Waals surface area contributed by atoms with Crippen molar-refractivity contribution in [3.63, 3.8) is 0 Å². The van der Waals surface area contributed by atoms with Crippen LogP contribution in [-0.2, 0) is 32.4 Å². The maximum absolute atomic E-state index is 12.5. The van der Waals surface area contributed by atoms with Gasteiger partial charge in [-0.05, 0) is 6.92 Å². The molecule has 1 aliphatic rings. The maximum atomic E-state index is 12.5. The summed E-state index contributed by atoms with van der Waals surface area (Å²) in [6.07, 6.45) is 0.186. The van der Waals surface area contributed by atoms with E-state index in [4.69, 9.17) is 18.0 Å². The SMILES string of the molecule is CCO[Si](CSC1CC(=O)N(CCC(=O)NCCOC)C1=O)(OC)OC. The van der Waals surface area contributed by atoms with E-state index in [2.05, 4.69) is 5.32 Å². The Morgan fingerprint density at radius 3 is 2.58 bits per heavy atom. The molecule has 0 bridgehead atoms. The molecule has 3 amide bonds. The number of carbonyl (C=O) groups excluding carboxylic acids is 3. The van der Waals surface area contributed by atoms with Crippen molar-refractivity contribution in [1.29, 1.82) is 0 Å². The molecule has 1 rings (SSSR count). The number of hydrogen-bond acceptors (Lipinski definition) is 8. The molecular formula is C15H28N2O7SSi. The zero-order chi connectivity index (χ0) is 19.6. The molecule has 0 spiro atoms. The van der Waals surface area contributed by atoms with E-state index in [1.54, 1.807) is 7.11 Å². The van der Waals surface area contributed by atoms with E-state index in [-0.39, 0.29) is 37.1 Å². The monoisotopic (exact) mass is 408 g/mol. The van der Waals surface area contributed by atoms with Crippen molar-refractivity contribution in [3.05, 3.63) is 0 Å². The number of methoxy groups -OCH3 is 1. The minimum Gasteiger partial charge on any atom is -0.383 e. The first kappa shape index (κ1) is 23.1. The number of likely N-dealkylation sites (tertiary alicyclic amines) is 1. The fourth-order valence-corrected chi connectivity index (χ4v) is 6.67. The zero-order valence-electron chi connectivity index (χ0n) is 15.7. The molecule has 150 valence electrons. The molecular weight excluding hydrogens is 380 g/mol. The summed E-state index contributed by atoms with van der Waals surface area (Å²) in [4.78, 5) is 37.4. The Labute approximate surface area is 159 Å². The van der Waals surface area contributed by atoms with Gasteiger partial charge in [-0.3, -0.25) is 19.3 Å². The molecule has 0 aromatic heterocycles. The molecule has 0 aromatic carbocycles. The molecule has 1 unspecified atom stereocenters. The van der Waals surface area contributed by atoms with Gasteiger partial charge in [0.2, 0.25) is 17.7 Å². The topological polar surface area (TPSA) is 103 Å². The number of imide groups is 1. The number of ether oxygens (including phenoxy) is 1. The molecule has 1 heterocycles. The summed E-state index contributed by atoms with van der Waals surface area (Å²) in [5.41, 5.74) is 0. The van der Waals surface area contributed by atoms with Gasteiger partial charge < -0.3 is 23.3 Å². The van der Waals surface area contributed by atoms with Crippen LogP contribution in [0.1, 0.15) is 19.8 Å². The molecule has 26 heavy (non-hydrogen) atoms. The van der Waals surface area contributed by atoms with Gasteiger partial charge in [-0.25, -0.2) is 0 Å². The molecule has 9 nitrogen and oxygen atoms in total. The lowest BCUT2D eigenvalue weighted by Crippen LogP contribution is -2.48. The highest BCUT2D eigenvalue weighted by atomic mass is 32.2. The zero-order valence-corrected chi connectivity index (χ0v) is 17.6. The first-order valence-corrected chi connectivity index (χ1v) is 11.4. The van der Waals surface area contributed by atoms with Crippen LogP contribution in [0.2, 0.25) is 0 Å². The van der Waals surface area contributed by atoms with E-state index in [1.807, 2.05) is 6.92 Å². The largest absolute Gasteiger partial charge is 0.510 e. The Bertz CT molecular complexity index is 491. The Balaban J connectivity index is 2.51. The van der Waals surface area contributed by atoms with Crippen molar-refractivity contribution < 1.29 is 32.4 Å². The number of thioether (sulfide) groups is 1. The summed E-state index contributed by atoms with van der Waals surface area (Å²) in [6, 6.07) is 0. The molecule has 1 fully saturated rings. The normalized spacial score (nSPS) is 17.8. The van der Waals surface area contributed by atoms with Crippen molar-refractivity contribution in [2.45, 2.75) is 25.0 Å². The lowest BCUT2D eigenvalue weighted by atomic mass is 10.3. The second-order valence-electron chi connectivity index (χ2n) is 5.50. The van der Waals surface area contributed by atoms with E-state index >= 15 is 0 Å². The molecule has 1 N–H and O–H groups in total. The van der Waals surface area contributed by atoms with E-state index in [9.17, 15) is 14.4 Å². The highest BCUT2D eigenvalue weighted by molar-refractivity contribution is 8.02. The van der Waals surface area contributed by atoms with E-state index in [0.29, 0.717) is 25.1 Å². The standard InChI is InChI=1S/C15H28N2O7SSi/c1-5-24-26(22-3,23-4)11-25-12-10-14(19)17(15(12)20)8-6-13(18)16-7-9-21-2/h12H,5-11H2,1-4H3,(H,16,18). The average Bonchev–Trinajstić information content (AvgIpc) is 2.90. The Morgan fingerprint density at radius 1 is 1.31 bits per heavy atom. The van der Waals surface area contributed by atoms with Crippen LogP contribution in [0.5, 0.6) is 0 Å². The molecule has 11 heteroatoms. The second kappa shape index (κ2) is 11.7. The van der Waals surface area contributed by atoms with Crippen LogP contribution in [-0.4, -0.2) is 89.7 Å². The molecule has 0 saturated carbocycles. The summed E-state index contributed by atoms with van der Waals surface area (Å²) in [5.74, 6) is -0.771. The number of hydrogen-bond donors (Lipinski definition) is 1. The van der Waals surface area contributed by atoms with Crippen LogP contribution >= 0.6 is 11.8 Å². The van der Waals surface area contributed by atoms with Crippen molar-refractivity contribution in [1.82, 2.24) is 10.2 Å². The van der Waals surface area contributed by atoms with Gasteiger partial charge in [-0.15, -0.1) is 11.8 Å². The van der Waals surface area contributed by atoms with E-state index in [0.717, 1.165) is 4.90 Å². The predicted molar refractivity (Wildman–Crippen MR) is 98.5 cm³/mol. The van der Waals surface area contributed by atoms with Gasteiger partial charge in [0.1, 0.15) is 0 Å². The van der Waals surface area contributed by atoms with Gasteiger partial charge in [0.15, 0.2) is 0 Å². The van der Waals surface area contributed by atoms with E-state index in [1.165, 1.54) is 26.0 Å². The van der Waals surface area contributed by atoms with Crippen molar-refractivity contribution in [2.75, 3.05) is 53.0 Å². The molecule has 0 aliphatic carbocycles. The van der Waals surface area contributed by atoms with Crippen molar-refractivity contribution in [3.8, 4) is 0 Å². The fourth-order valence-electron chi connectivity index (χ4n) is 2.40. The quantitative estimate of drug-likeness (QED) is 0.254. The average molecular weight is 409 g/mol. The number of nitrogens with zero attached hydrogens (tertiary/aromatic N) is 1. The Morgan fingerprint density at radius 2 is 2.00 bits per heavy atom. The van der Waals surface area contributed by atoms with Crippen LogP contribution in [0, 0.1) is 0 Å². The molecule has 1 aliphatic heterocycles. The van der Waals surface area contributed by atoms with Crippen LogP contribution in [0.3, 0.4) is 0 Å². The lowest BCUT2D eigenvalue weighted by molar-refractivity contribution is -0.138. The summed E-state index contributed by atoms with van der Waals surface area (Å²) >= 11 is 1.30. The van der Waals surface area contributed by atoms with Crippen molar-refractivity contribution in [2.24, 2.45) is 0 Å². The third-order valence-corrected chi connectivity index (χ3v) is 8.66. The molecule has 1 atom stereocenters. The third-order valence-electron chi connectivity index (χ3n) is 3.84. The summed E-state index contributed by atoms with van der Waals surface area (Å²) < 4.78 is 21.3. The first-order valence-electron chi connectivity index (χ1n) is 8.38. The van der Waals surface area contributed by atoms with Gasteiger partial charge in [0.25, 0.3) is 0 Å². The summed E-state index contributed by atoms with van der Waals surface area (Å²) in [6.45, 7) is 3.17. The van der Waals surface area contributed by atoms with Gasteiger partial charge in [-0.2, -0.15) is 0 Å². The minimum atomic E-state index is -2.83. The maximum Gasteiger partial charge on any atom is 0.510 e. The Hall–Kier alpha value is -0.983. The Kier molecular flexibility index (Phi) is 10.4.